The Morgan fingerprint density at radius 2 is 2.14 bits per heavy atom. The average molecular weight is 316 g/mol. The van der Waals surface area contributed by atoms with E-state index < -0.39 is 15.8 Å². The summed E-state index contributed by atoms with van der Waals surface area (Å²) >= 11 is 0. The molecule has 0 saturated carbocycles. The van der Waals surface area contributed by atoms with Crippen molar-refractivity contribution in [3.8, 4) is 0 Å². The molecule has 0 atom stereocenters. The molecule has 1 amide bonds. The van der Waals surface area contributed by atoms with Crippen molar-refractivity contribution >= 4 is 15.9 Å². The van der Waals surface area contributed by atoms with Crippen molar-refractivity contribution in [1.82, 2.24) is 9.62 Å². The summed E-state index contributed by atoms with van der Waals surface area (Å²) in [5, 5.41) is 2.66. The van der Waals surface area contributed by atoms with Crippen LogP contribution in [0.25, 0.3) is 0 Å². The van der Waals surface area contributed by atoms with Crippen molar-refractivity contribution in [3.63, 3.8) is 0 Å². The summed E-state index contributed by atoms with van der Waals surface area (Å²) in [6, 6.07) is 3.47. The lowest BCUT2D eigenvalue weighted by Gasteiger charge is -2.38. The van der Waals surface area contributed by atoms with E-state index in [9.17, 15) is 17.6 Å². The van der Waals surface area contributed by atoms with Crippen molar-refractivity contribution in [2.75, 3.05) is 26.8 Å². The predicted octanol–water partition coefficient (Wildman–Crippen LogP) is 0.270. The van der Waals surface area contributed by atoms with E-state index in [4.69, 9.17) is 0 Å². The first-order valence-corrected chi connectivity index (χ1v) is 7.83. The van der Waals surface area contributed by atoms with Crippen molar-refractivity contribution < 1.29 is 22.3 Å². The number of hydrogen-bond donors (Lipinski definition) is 1. The molecule has 0 radical (unpaired) electrons. The van der Waals surface area contributed by atoms with Crippen LogP contribution in [0.3, 0.4) is 0 Å². The van der Waals surface area contributed by atoms with Gasteiger partial charge in [-0.3, -0.25) is 4.79 Å². The van der Waals surface area contributed by atoms with Gasteiger partial charge in [-0.05, 0) is 30.7 Å². The molecule has 1 aliphatic rings. The fourth-order valence-electron chi connectivity index (χ4n) is 2.05. The number of halogens is 1. The first-order chi connectivity index (χ1) is 9.84. The molecule has 0 aromatic heterocycles. The lowest BCUT2D eigenvalue weighted by molar-refractivity contribution is -0.126. The highest BCUT2D eigenvalue weighted by Gasteiger charge is 2.37. The van der Waals surface area contributed by atoms with Gasteiger partial charge in [-0.25, -0.2) is 12.8 Å². The van der Waals surface area contributed by atoms with Crippen LogP contribution in [-0.4, -0.2) is 51.5 Å². The summed E-state index contributed by atoms with van der Waals surface area (Å²) in [7, 11) is -2.23. The predicted molar refractivity (Wildman–Crippen MR) is 73.7 cm³/mol. The Bertz CT molecular complexity index is 642. The summed E-state index contributed by atoms with van der Waals surface area (Å²) in [5.74, 6) is -0.723. The quantitative estimate of drug-likeness (QED) is 0.846. The van der Waals surface area contributed by atoms with Crippen LogP contribution in [0, 0.1) is 12.7 Å². The molecule has 1 heterocycles. The highest BCUT2D eigenvalue weighted by atomic mass is 32.2. The highest BCUT2D eigenvalue weighted by molar-refractivity contribution is 7.89. The van der Waals surface area contributed by atoms with Gasteiger partial charge in [-0.2, -0.15) is 4.31 Å². The standard InChI is InChI=1S/C13H17FN2O4S/c1-9-5-11(3-4-12(9)14)21(18,19)16-6-10(7-16)15-13(17)8-20-2/h3-5,10H,6-8H2,1-2H3,(H,15,17). The van der Waals surface area contributed by atoms with Crippen LogP contribution in [0.15, 0.2) is 23.1 Å². The van der Waals surface area contributed by atoms with Gasteiger partial charge < -0.3 is 10.1 Å². The van der Waals surface area contributed by atoms with E-state index in [0.29, 0.717) is 0 Å². The van der Waals surface area contributed by atoms with Gasteiger partial charge in [-0.1, -0.05) is 0 Å². The van der Waals surface area contributed by atoms with Crippen LogP contribution in [0.1, 0.15) is 5.56 Å². The van der Waals surface area contributed by atoms with E-state index in [1.54, 1.807) is 0 Å². The van der Waals surface area contributed by atoms with Gasteiger partial charge >= 0.3 is 0 Å². The zero-order valence-corrected chi connectivity index (χ0v) is 12.6. The van der Waals surface area contributed by atoms with E-state index >= 15 is 0 Å². The molecule has 1 aromatic carbocycles. The van der Waals surface area contributed by atoms with Gasteiger partial charge in [0.15, 0.2) is 0 Å². The van der Waals surface area contributed by atoms with Gasteiger partial charge in [0.2, 0.25) is 15.9 Å². The molecule has 0 bridgehead atoms. The third-order valence-electron chi connectivity index (χ3n) is 3.26. The van der Waals surface area contributed by atoms with E-state index in [1.165, 1.54) is 30.5 Å². The second kappa shape index (κ2) is 6.08. The second-order valence-electron chi connectivity index (χ2n) is 4.93. The molecule has 6 nitrogen and oxygen atoms in total. The molecule has 8 heteroatoms. The van der Waals surface area contributed by atoms with Gasteiger partial charge in [0.05, 0.1) is 10.9 Å². The van der Waals surface area contributed by atoms with Crippen LogP contribution in [0.5, 0.6) is 0 Å². The Hall–Kier alpha value is -1.51. The number of methoxy groups -OCH3 is 1. The molecule has 1 fully saturated rings. The minimum Gasteiger partial charge on any atom is -0.375 e. The van der Waals surface area contributed by atoms with Gasteiger partial charge in [0.1, 0.15) is 12.4 Å². The number of rotatable bonds is 5. The molecule has 0 spiro atoms. The van der Waals surface area contributed by atoms with Crippen LogP contribution in [0.2, 0.25) is 0 Å². The normalized spacial score (nSPS) is 16.5. The highest BCUT2D eigenvalue weighted by Crippen LogP contribution is 2.23. The lowest BCUT2D eigenvalue weighted by Crippen LogP contribution is -2.61. The van der Waals surface area contributed by atoms with Crippen LogP contribution < -0.4 is 5.32 Å². The number of aryl methyl sites for hydroxylation is 1. The van der Waals surface area contributed by atoms with E-state index in [-0.39, 0.29) is 42.1 Å². The van der Waals surface area contributed by atoms with Crippen molar-refractivity contribution in [3.05, 3.63) is 29.6 Å². The Morgan fingerprint density at radius 1 is 1.48 bits per heavy atom. The summed E-state index contributed by atoms with van der Waals surface area (Å²) < 4.78 is 43.7. The SMILES string of the molecule is COCC(=O)NC1CN(S(=O)(=O)c2ccc(F)c(C)c2)C1. The number of benzene rings is 1. The fraction of sp³-hybridized carbons (Fsp3) is 0.462. The Labute approximate surface area is 122 Å². The molecular formula is C13H17FN2O4S. The topological polar surface area (TPSA) is 75.7 Å². The first kappa shape index (κ1) is 15.9. The molecule has 21 heavy (non-hydrogen) atoms. The number of carbonyl (C=O) groups excluding carboxylic acids is 1. The summed E-state index contributed by atoms with van der Waals surface area (Å²) in [5.41, 5.74) is 0.279. The number of carbonyl (C=O) groups is 1. The van der Waals surface area contributed by atoms with Crippen molar-refractivity contribution in [1.29, 1.82) is 0 Å². The van der Waals surface area contributed by atoms with E-state index in [0.717, 1.165) is 6.07 Å². The number of amides is 1. The van der Waals surface area contributed by atoms with E-state index in [2.05, 4.69) is 10.1 Å². The lowest BCUT2D eigenvalue weighted by atomic mass is 10.2. The van der Waals surface area contributed by atoms with Gasteiger partial charge in [-0.15, -0.1) is 0 Å². The summed E-state index contributed by atoms with van der Waals surface area (Å²) in [6.45, 7) is 1.86. The number of nitrogens with zero attached hydrogens (tertiary/aromatic N) is 1. The molecular weight excluding hydrogens is 299 g/mol. The molecule has 2 rings (SSSR count). The average Bonchev–Trinajstić information content (AvgIpc) is 2.36. The van der Waals surface area contributed by atoms with Gasteiger partial charge in [0.25, 0.3) is 0 Å². The fourth-order valence-corrected chi connectivity index (χ4v) is 3.67. The third-order valence-corrected chi connectivity index (χ3v) is 5.08. The van der Waals surface area contributed by atoms with Crippen molar-refractivity contribution in [2.45, 2.75) is 17.9 Å². The van der Waals surface area contributed by atoms with E-state index in [1.807, 2.05) is 0 Å². The number of nitrogens with one attached hydrogen (secondary N) is 1. The maximum atomic E-state index is 13.2. The molecule has 116 valence electrons. The molecule has 1 aromatic rings. The largest absolute Gasteiger partial charge is 0.375 e. The molecule has 0 aliphatic carbocycles. The van der Waals surface area contributed by atoms with Crippen LogP contribution in [-0.2, 0) is 19.6 Å². The number of sulfonamides is 1. The maximum absolute atomic E-state index is 13.2. The third kappa shape index (κ3) is 3.39. The minimum absolute atomic E-state index is 0.0552. The molecule has 0 unspecified atom stereocenters. The Kier molecular flexibility index (Phi) is 4.60. The minimum atomic E-state index is -3.64. The number of ether oxygens (including phenoxy) is 1. The smallest absolute Gasteiger partial charge is 0.246 e. The Balaban J connectivity index is 2.00. The number of hydrogen-bond acceptors (Lipinski definition) is 4. The monoisotopic (exact) mass is 316 g/mol. The summed E-state index contributed by atoms with van der Waals surface area (Å²) in [6.07, 6.45) is 0. The molecule has 1 saturated heterocycles. The maximum Gasteiger partial charge on any atom is 0.246 e. The second-order valence-corrected chi connectivity index (χ2v) is 6.87. The van der Waals surface area contributed by atoms with Gasteiger partial charge in [0, 0.05) is 20.2 Å². The zero-order chi connectivity index (χ0) is 15.6. The van der Waals surface area contributed by atoms with Crippen LogP contribution >= 0.6 is 0 Å². The van der Waals surface area contributed by atoms with Crippen LogP contribution in [0.4, 0.5) is 4.39 Å². The molecule has 1 N–H and O–H groups in total. The zero-order valence-electron chi connectivity index (χ0n) is 11.8. The molecule has 1 aliphatic heterocycles. The summed E-state index contributed by atoms with van der Waals surface area (Å²) in [4.78, 5) is 11.4. The Morgan fingerprint density at radius 3 is 2.71 bits per heavy atom. The van der Waals surface area contributed by atoms with Crippen molar-refractivity contribution in [2.24, 2.45) is 0 Å². The first-order valence-electron chi connectivity index (χ1n) is 6.39.